The Morgan fingerprint density at radius 2 is 2.07 bits per heavy atom. The van der Waals surface area contributed by atoms with Gasteiger partial charge < -0.3 is 10.5 Å². The van der Waals surface area contributed by atoms with Crippen molar-refractivity contribution in [1.82, 2.24) is 0 Å². The molecule has 1 fully saturated rings. The van der Waals surface area contributed by atoms with E-state index in [1.807, 2.05) is 0 Å². The predicted molar refractivity (Wildman–Crippen MR) is 67.9 cm³/mol. The zero-order chi connectivity index (χ0) is 11.3. The highest BCUT2D eigenvalue weighted by Gasteiger charge is 2.24. The van der Waals surface area contributed by atoms with Crippen molar-refractivity contribution in [3.8, 4) is 0 Å². The van der Waals surface area contributed by atoms with E-state index in [0.29, 0.717) is 11.1 Å². The molecule has 0 aromatic rings. The van der Waals surface area contributed by atoms with E-state index >= 15 is 0 Å². The Morgan fingerprint density at radius 1 is 1.33 bits per heavy atom. The Labute approximate surface area is 98.6 Å². The maximum atomic E-state index is 5.84. The zero-order valence-electron chi connectivity index (χ0n) is 9.87. The van der Waals surface area contributed by atoms with Crippen LogP contribution in [0.4, 0.5) is 0 Å². The van der Waals surface area contributed by atoms with Crippen molar-refractivity contribution in [2.45, 2.75) is 52.1 Å². The van der Waals surface area contributed by atoms with Crippen LogP contribution in [0.15, 0.2) is 0 Å². The number of ether oxygens (including phenoxy) is 1. The van der Waals surface area contributed by atoms with E-state index in [1.165, 1.54) is 19.3 Å². The second-order valence-electron chi connectivity index (χ2n) is 4.83. The molecule has 0 aromatic carbocycles. The third kappa shape index (κ3) is 4.94. The van der Waals surface area contributed by atoms with Crippen molar-refractivity contribution in [3.05, 3.63) is 0 Å². The Hall–Kier alpha value is -0.150. The van der Waals surface area contributed by atoms with Crippen LogP contribution < -0.4 is 5.73 Å². The molecule has 0 amide bonds. The van der Waals surface area contributed by atoms with Gasteiger partial charge in [-0.15, -0.1) is 0 Å². The number of rotatable bonds is 5. The van der Waals surface area contributed by atoms with Gasteiger partial charge in [0.1, 0.15) is 0 Å². The summed E-state index contributed by atoms with van der Waals surface area (Å²) in [5, 5.41) is 0. The topological polar surface area (TPSA) is 35.2 Å². The van der Waals surface area contributed by atoms with E-state index < -0.39 is 0 Å². The maximum Gasteiger partial charge on any atom is 0.0728 e. The van der Waals surface area contributed by atoms with Crippen LogP contribution >= 0.6 is 12.2 Å². The summed E-state index contributed by atoms with van der Waals surface area (Å²) in [7, 11) is 0. The summed E-state index contributed by atoms with van der Waals surface area (Å²) in [6.45, 7) is 5.48. The third-order valence-corrected chi connectivity index (χ3v) is 3.68. The molecule has 1 rings (SSSR count). The first kappa shape index (κ1) is 12.9. The van der Waals surface area contributed by atoms with E-state index in [1.54, 1.807) is 0 Å². The van der Waals surface area contributed by atoms with Gasteiger partial charge in [-0.2, -0.15) is 0 Å². The summed E-state index contributed by atoms with van der Waals surface area (Å²) >= 11 is 4.82. The summed E-state index contributed by atoms with van der Waals surface area (Å²) in [4.78, 5) is 0.601. The fourth-order valence-corrected chi connectivity index (χ4v) is 2.29. The summed E-state index contributed by atoms with van der Waals surface area (Å²) in [5.74, 6) is 1.67. The standard InChI is InChI=1S/C12H23NOS/c1-9-5-6-11(8-10(9)2)14-7-3-4-12(13)15/h9-11H,3-8H2,1-2H3,(H2,13,15). The van der Waals surface area contributed by atoms with Crippen molar-refractivity contribution >= 4 is 17.2 Å². The van der Waals surface area contributed by atoms with E-state index in [0.717, 1.165) is 31.3 Å². The molecular weight excluding hydrogens is 206 g/mol. The predicted octanol–water partition coefficient (Wildman–Crippen LogP) is 2.89. The fourth-order valence-electron chi connectivity index (χ4n) is 2.15. The highest BCUT2D eigenvalue weighted by molar-refractivity contribution is 7.80. The van der Waals surface area contributed by atoms with Crippen LogP contribution in [-0.2, 0) is 4.74 Å². The molecule has 2 nitrogen and oxygen atoms in total. The Kier molecular flexibility index (Phi) is 5.54. The van der Waals surface area contributed by atoms with Crippen LogP contribution in [0.25, 0.3) is 0 Å². The summed E-state index contributed by atoms with van der Waals surface area (Å²) in [5.41, 5.74) is 5.43. The minimum absolute atomic E-state index is 0.475. The normalized spacial score (nSPS) is 31.5. The van der Waals surface area contributed by atoms with E-state index in [9.17, 15) is 0 Å². The minimum atomic E-state index is 0.475. The summed E-state index contributed by atoms with van der Waals surface area (Å²) < 4.78 is 5.84. The first-order valence-corrected chi connectivity index (χ1v) is 6.40. The van der Waals surface area contributed by atoms with Gasteiger partial charge in [0.2, 0.25) is 0 Å². The van der Waals surface area contributed by atoms with Gasteiger partial charge >= 0.3 is 0 Å². The molecule has 0 radical (unpaired) electrons. The average molecular weight is 229 g/mol. The second kappa shape index (κ2) is 6.44. The lowest BCUT2D eigenvalue weighted by atomic mass is 9.80. The Balaban J connectivity index is 2.09. The van der Waals surface area contributed by atoms with Gasteiger partial charge in [0, 0.05) is 6.61 Å². The molecule has 0 aliphatic heterocycles. The largest absolute Gasteiger partial charge is 0.393 e. The molecule has 0 saturated heterocycles. The van der Waals surface area contributed by atoms with Crippen LogP contribution in [0.1, 0.15) is 46.0 Å². The SMILES string of the molecule is CC1CCC(OCCCC(N)=S)CC1C. The van der Waals surface area contributed by atoms with Crippen LogP contribution in [-0.4, -0.2) is 17.7 Å². The third-order valence-electron chi connectivity index (χ3n) is 3.47. The van der Waals surface area contributed by atoms with E-state index in [2.05, 4.69) is 13.8 Å². The van der Waals surface area contributed by atoms with Gasteiger partial charge in [-0.25, -0.2) is 0 Å². The van der Waals surface area contributed by atoms with Gasteiger partial charge in [-0.3, -0.25) is 0 Å². The Bertz CT molecular complexity index is 208. The highest BCUT2D eigenvalue weighted by atomic mass is 32.1. The number of hydrogen-bond acceptors (Lipinski definition) is 2. The zero-order valence-corrected chi connectivity index (χ0v) is 10.7. The van der Waals surface area contributed by atoms with E-state index in [-0.39, 0.29) is 0 Å². The lowest BCUT2D eigenvalue weighted by Gasteiger charge is -2.31. The van der Waals surface area contributed by atoms with Crippen LogP contribution in [0, 0.1) is 11.8 Å². The van der Waals surface area contributed by atoms with Crippen molar-refractivity contribution in [3.63, 3.8) is 0 Å². The van der Waals surface area contributed by atoms with Gasteiger partial charge in [0.15, 0.2) is 0 Å². The number of thiocarbonyl (C=S) groups is 1. The molecule has 1 saturated carbocycles. The minimum Gasteiger partial charge on any atom is -0.393 e. The first-order chi connectivity index (χ1) is 7.09. The molecule has 0 heterocycles. The summed E-state index contributed by atoms with van der Waals surface area (Å²) in [6, 6.07) is 0. The number of hydrogen-bond donors (Lipinski definition) is 1. The molecule has 2 N–H and O–H groups in total. The Morgan fingerprint density at radius 3 is 2.67 bits per heavy atom. The lowest BCUT2D eigenvalue weighted by molar-refractivity contribution is 0.00226. The van der Waals surface area contributed by atoms with Crippen molar-refractivity contribution in [1.29, 1.82) is 0 Å². The smallest absolute Gasteiger partial charge is 0.0728 e. The van der Waals surface area contributed by atoms with Crippen molar-refractivity contribution in [2.75, 3.05) is 6.61 Å². The van der Waals surface area contributed by atoms with Crippen molar-refractivity contribution < 1.29 is 4.74 Å². The van der Waals surface area contributed by atoms with Gasteiger partial charge in [0.25, 0.3) is 0 Å². The maximum absolute atomic E-state index is 5.84. The molecule has 88 valence electrons. The summed E-state index contributed by atoms with van der Waals surface area (Å²) in [6.07, 6.45) is 6.00. The van der Waals surface area contributed by atoms with Crippen LogP contribution in [0.3, 0.4) is 0 Å². The second-order valence-corrected chi connectivity index (χ2v) is 5.35. The van der Waals surface area contributed by atoms with Gasteiger partial charge in [-0.1, -0.05) is 26.1 Å². The lowest BCUT2D eigenvalue weighted by Crippen LogP contribution is -2.27. The molecule has 3 unspecified atom stereocenters. The molecule has 15 heavy (non-hydrogen) atoms. The molecule has 0 bridgehead atoms. The van der Waals surface area contributed by atoms with E-state index in [4.69, 9.17) is 22.7 Å². The quantitative estimate of drug-likeness (QED) is 0.581. The molecule has 0 aromatic heterocycles. The molecular formula is C12H23NOS. The van der Waals surface area contributed by atoms with Crippen molar-refractivity contribution in [2.24, 2.45) is 17.6 Å². The molecule has 3 atom stereocenters. The molecule has 0 spiro atoms. The van der Waals surface area contributed by atoms with Gasteiger partial charge in [-0.05, 0) is 43.9 Å². The first-order valence-electron chi connectivity index (χ1n) is 5.99. The highest BCUT2D eigenvalue weighted by Crippen LogP contribution is 2.30. The number of nitrogens with two attached hydrogens (primary N) is 1. The molecule has 1 aliphatic carbocycles. The average Bonchev–Trinajstić information content (AvgIpc) is 2.18. The molecule has 1 aliphatic rings. The van der Waals surface area contributed by atoms with Crippen LogP contribution in [0.5, 0.6) is 0 Å². The monoisotopic (exact) mass is 229 g/mol. The van der Waals surface area contributed by atoms with Gasteiger partial charge in [0.05, 0.1) is 11.1 Å². The molecule has 3 heteroatoms. The fraction of sp³-hybridized carbons (Fsp3) is 0.917. The van der Waals surface area contributed by atoms with Crippen LogP contribution in [0.2, 0.25) is 0 Å².